The molecule has 0 aromatic heterocycles. The lowest BCUT2D eigenvalue weighted by atomic mass is 10.2. The number of quaternary nitrogens is 1. The van der Waals surface area contributed by atoms with E-state index in [0.717, 1.165) is 13.1 Å². The quantitative estimate of drug-likeness (QED) is 0.536. The van der Waals surface area contributed by atoms with Crippen molar-refractivity contribution in [3.63, 3.8) is 0 Å². The number of ether oxygens (including phenoxy) is 1. The van der Waals surface area contributed by atoms with Gasteiger partial charge < -0.3 is 32.2 Å². The Morgan fingerprint density at radius 2 is 1.50 bits per heavy atom. The summed E-state index contributed by atoms with van der Waals surface area (Å²) in [6, 6.07) is 0. The van der Waals surface area contributed by atoms with Crippen LogP contribution in [0.25, 0.3) is 0 Å². The fourth-order valence-corrected chi connectivity index (χ4v) is 1.47. The highest BCUT2D eigenvalue weighted by molar-refractivity contribution is 6.50. The number of piperazine rings is 1. The minimum absolute atomic E-state index is 0.0118. The summed E-state index contributed by atoms with van der Waals surface area (Å²) in [6.45, 7) is 8.85. The van der Waals surface area contributed by atoms with Crippen LogP contribution in [0.3, 0.4) is 0 Å². The molecule has 0 saturated carbocycles. The van der Waals surface area contributed by atoms with Crippen LogP contribution in [0.4, 0.5) is 17.3 Å². The first kappa shape index (κ1) is 15.7. The van der Waals surface area contributed by atoms with Gasteiger partial charge in [-0.2, -0.15) is 0 Å². The first-order chi connectivity index (χ1) is 7.17. The summed E-state index contributed by atoms with van der Waals surface area (Å²) < 4.78 is 44.4. The molecule has 0 bridgehead atoms. The first-order valence-electron chi connectivity index (χ1n) is 5.15. The fourth-order valence-electron chi connectivity index (χ4n) is 1.47. The summed E-state index contributed by atoms with van der Waals surface area (Å²) >= 11 is 0. The van der Waals surface area contributed by atoms with Crippen molar-refractivity contribution in [3.05, 3.63) is 0 Å². The smallest absolute Gasteiger partial charge is 0.418 e. The molecular formula is C8H19BF4N2O. The van der Waals surface area contributed by atoms with Gasteiger partial charge in [0.2, 0.25) is 0 Å². The van der Waals surface area contributed by atoms with Crippen molar-refractivity contribution in [1.82, 2.24) is 5.32 Å². The zero-order chi connectivity index (χ0) is 12.8. The third-order valence-corrected chi connectivity index (χ3v) is 2.57. The van der Waals surface area contributed by atoms with Gasteiger partial charge in [-0.05, 0) is 0 Å². The van der Waals surface area contributed by atoms with Crippen molar-refractivity contribution in [2.75, 3.05) is 33.3 Å². The Morgan fingerprint density at radius 3 is 1.81 bits per heavy atom. The summed E-state index contributed by atoms with van der Waals surface area (Å²) in [5.41, 5.74) is -0.0118. The van der Waals surface area contributed by atoms with E-state index in [4.69, 9.17) is 4.74 Å². The molecule has 0 radical (unpaired) electrons. The highest BCUT2D eigenvalue weighted by atomic mass is 19.5. The van der Waals surface area contributed by atoms with E-state index in [1.54, 1.807) is 12.0 Å². The fraction of sp³-hybridized carbons (Fsp3) is 1.00. The molecule has 0 aromatic rings. The minimum atomic E-state index is -6.00. The van der Waals surface area contributed by atoms with Gasteiger partial charge >= 0.3 is 7.25 Å². The molecule has 3 nitrogen and oxygen atoms in total. The molecule has 0 amide bonds. The third kappa shape index (κ3) is 7.89. The zero-order valence-electron chi connectivity index (χ0n) is 9.83. The predicted molar refractivity (Wildman–Crippen MR) is 54.8 cm³/mol. The van der Waals surface area contributed by atoms with Gasteiger partial charge in [0, 0.05) is 34.0 Å². The molecule has 0 atom stereocenters. The van der Waals surface area contributed by atoms with Crippen LogP contribution in [0, 0.1) is 0 Å². The molecule has 1 aliphatic rings. The Morgan fingerprint density at radius 1 is 1.12 bits per heavy atom. The number of rotatable bonds is 2. The van der Waals surface area contributed by atoms with Gasteiger partial charge in [-0.25, -0.2) is 0 Å². The predicted octanol–water partition coefficient (Wildman–Crippen LogP) is 0.157. The Labute approximate surface area is 93.2 Å². The Balaban J connectivity index is 0.000000385. The molecule has 0 spiro atoms. The maximum Gasteiger partial charge on any atom is 0.673 e. The molecule has 16 heavy (non-hydrogen) atoms. The van der Waals surface area contributed by atoms with Gasteiger partial charge in [-0.15, -0.1) is 0 Å². The summed E-state index contributed by atoms with van der Waals surface area (Å²) in [4.78, 5) is 1.54. The van der Waals surface area contributed by atoms with E-state index in [-0.39, 0.29) is 5.72 Å². The summed E-state index contributed by atoms with van der Waals surface area (Å²) in [6.07, 6.45) is 0. The molecule has 1 aliphatic heterocycles. The molecular weight excluding hydrogens is 227 g/mol. The molecule has 98 valence electrons. The van der Waals surface area contributed by atoms with E-state index in [9.17, 15) is 17.3 Å². The van der Waals surface area contributed by atoms with Crippen molar-refractivity contribution >= 4 is 7.25 Å². The molecule has 0 aromatic carbocycles. The van der Waals surface area contributed by atoms with Crippen molar-refractivity contribution < 1.29 is 26.9 Å². The zero-order valence-corrected chi connectivity index (χ0v) is 9.83. The summed E-state index contributed by atoms with van der Waals surface area (Å²) in [5.74, 6) is 0. The average molecular weight is 246 g/mol. The van der Waals surface area contributed by atoms with Crippen molar-refractivity contribution in [2.24, 2.45) is 0 Å². The normalized spacial score (nSPS) is 18.9. The molecule has 1 fully saturated rings. The monoisotopic (exact) mass is 246 g/mol. The van der Waals surface area contributed by atoms with Crippen LogP contribution in [0.1, 0.15) is 13.8 Å². The molecule has 1 heterocycles. The highest BCUT2D eigenvalue weighted by Gasteiger charge is 2.30. The van der Waals surface area contributed by atoms with Crippen molar-refractivity contribution in [2.45, 2.75) is 19.6 Å². The largest absolute Gasteiger partial charge is 0.673 e. The third-order valence-electron chi connectivity index (χ3n) is 2.57. The number of halogens is 4. The molecule has 1 saturated heterocycles. The van der Waals surface area contributed by atoms with E-state index in [2.05, 4.69) is 19.2 Å². The van der Waals surface area contributed by atoms with Crippen molar-refractivity contribution in [3.8, 4) is 0 Å². The van der Waals surface area contributed by atoms with Crippen LogP contribution < -0.4 is 10.2 Å². The number of methoxy groups -OCH3 is 1. The molecule has 1 rings (SSSR count). The second kappa shape index (κ2) is 6.41. The second-order valence-electron chi connectivity index (χ2n) is 4.06. The summed E-state index contributed by atoms with van der Waals surface area (Å²) in [7, 11) is -4.21. The van der Waals surface area contributed by atoms with Crippen LogP contribution in [-0.2, 0) is 4.74 Å². The molecule has 2 N–H and O–H groups in total. The maximum absolute atomic E-state index is 9.75. The maximum atomic E-state index is 9.75. The van der Waals surface area contributed by atoms with Gasteiger partial charge in [-0.1, -0.05) is 0 Å². The SMILES string of the molecule is COC(C)(C)[NH+]1CCNCC1.F[B-](F)(F)F. The van der Waals surface area contributed by atoms with E-state index in [1.807, 2.05) is 0 Å². The van der Waals surface area contributed by atoms with Gasteiger partial charge in [-0.3, -0.25) is 0 Å². The standard InChI is InChI=1S/C8H18N2O.BF4/c1-8(2,11-3)10-6-4-9-5-7-10;2-1(3,4)5/h9H,4-7H2,1-3H3;/q;-1/p+1. The van der Waals surface area contributed by atoms with Crippen LogP contribution >= 0.6 is 0 Å². The van der Waals surface area contributed by atoms with Crippen LogP contribution in [0.15, 0.2) is 0 Å². The lowest BCUT2D eigenvalue weighted by Gasteiger charge is -2.36. The topological polar surface area (TPSA) is 25.7 Å². The number of hydrogen-bond donors (Lipinski definition) is 2. The minimum Gasteiger partial charge on any atom is -0.418 e. The van der Waals surface area contributed by atoms with Crippen LogP contribution in [0.2, 0.25) is 0 Å². The van der Waals surface area contributed by atoms with Crippen molar-refractivity contribution in [1.29, 1.82) is 0 Å². The van der Waals surface area contributed by atoms with Gasteiger partial charge in [0.1, 0.15) is 0 Å². The lowest BCUT2D eigenvalue weighted by molar-refractivity contribution is -0.975. The number of nitrogens with one attached hydrogen (secondary N) is 2. The highest BCUT2D eigenvalue weighted by Crippen LogP contribution is 2.06. The van der Waals surface area contributed by atoms with Gasteiger partial charge in [0.15, 0.2) is 5.72 Å². The average Bonchev–Trinajstić information content (AvgIpc) is 2.17. The Kier molecular flexibility index (Phi) is 6.28. The molecule has 8 heteroatoms. The van der Waals surface area contributed by atoms with E-state index < -0.39 is 7.25 Å². The molecule has 0 aliphatic carbocycles. The Hall–Kier alpha value is -0.335. The van der Waals surface area contributed by atoms with E-state index in [1.165, 1.54) is 13.1 Å². The lowest BCUT2D eigenvalue weighted by Crippen LogP contribution is -3.22. The van der Waals surface area contributed by atoms with Crippen LogP contribution in [-0.4, -0.2) is 46.3 Å². The Bertz CT molecular complexity index is 189. The number of hydrogen-bond acceptors (Lipinski definition) is 2. The van der Waals surface area contributed by atoms with E-state index >= 15 is 0 Å². The van der Waals surface area contributed by atoms with Gasteiger partial charge in [0.05, 0.1) is 13.1 Å². The molecule has 0 unspecified atom stereocenters. The van der Waals surface area contributed by atoms with Gasteiger partial charge in [0.25, 0.3) is 0 Å². The van der Waals surface area contributed by atoms with E-state index in [0.29, 0.717) is 0 Å². The van der Waals surface area contributed by atoms with Crippen LogP contribution in [0.5, 0.6) is 0 Å². The summed E-state index contributed by atoms with van der Waals surface area (Å²) in [5, 5.41) is 3.33. The second-order valence-corrected chi connectivity index (χ2v) is 4.06. The first-order valence-corrected chi connectivity index (χ1v) is 5.15.